The van der Waals surface area contributed by atoms with Crippen LogP contribution in [0.25, 0.3) is 22.6 Å². The van der Waals surface area contributed by atoms with Gasteiger partial charge in [-0.1, -0.05) is 172 Å². The summed E-state index contributed by atoms with van der Waals surface area (Å²) in [5, 5.41) is 1.62. The second-order valence-corrected chi connectivity index (χ2v) is 30.1. The number of fused-ring (bicyclic) bond motifs is 12. The third-order valence-corrected chi connectivity index (χ3v) is 19.0. The van der Waals surface area contributed by atoms with Gasteiger partial charge in [0.1, 0.15) is 34.3 Å². The van der Waals surface area contributed by atoms with E-state index in [0.29, 0.717) is 0 Å². The van der Waals surface area contributed by atoms with Crippen molar-refractivity contribution >= 4 is 13.6 Å². The predicted octanol–water partition coefficient (Wildman–Crippen LogP) is 15.1. The van der Waals surface area contributed by atoms with Crippen molar-refractivity contribution in [2.45, 2.75) is 181 Å². The van der Waals surface area contributed by atoms with Crippen LogP contribution in [0.5, 0.6) is 5.75 Å². The molecule has 5 heterocycles. The van der Waals surface area contributed by atoms with Gasteiger partial charge in [-0.2, -0.15) is 4.57 Å². The van der Waals surface area contributed by atoms with Crippen LogP contribution in [-0.4, -0.2) is 29.2 Å². The van der Waals surface area contributed by atoms with Gasteiger partial charge in [0, 0.05) is 46.4 Å². The van der Waals surface area contributed by atoms with Crippen molar-refractivity contribution in [2.24, 2.45) is 5.41 Å². The third-order valence-electron chi connectivity index (χ3n) is 17.0. The maximum absolute atomic E-state index is 7.57. The Hall–Kier alpha value is -4.87. The third kappa shape index (κ3) is 6.81. The maximum atomic E-state index is 7.57. The van der Waals surface area contributed by atoms with Crippen LogP contribution in [0.1, 0.15) is 169 Å². The van der Waals surface area contributed by atoms with E-state index in [2.05, 4.69) is 206 Å². The smallest absolute Gasteiger partial charge is 0.299 e. The van der Waals surface area contributed by atoms with Crippen LogP contribution >= 0.6 is 0 Å². The lowest BCUT2D eigenvalue weighted by Crippen LogP contribution is -2.62. The Balaban J connectivity index is 1.27. The first-order valence-corrected chi connectivity index (χ1v) is 29.5. The number of ether oxygens (including phenoxy) is 1. The zero-order chi connectivity index (χ0) is 47.2. The second-order valence-electron chi connectivity index (χ2n) is 25.1. The molecule has 348 valence electrons. The molecule has 5 heteroatoms. The number of rotatable bonds is 6. The minimum Gasteiger partial charge on any atom is -0.481 e. The van der Waals surface area contributed by atoms with E-state index >= 15 is 0 Å². The van der Waals surface area contributed by atoms with Crippen LogP contribution in [0.3, 0.4) is 0 Å². The Kier molecular flexibility index (Phi) is 10.2. The van der Waals surface area contributed by atoms with Crippen LogP contribution in [0.2, 0.25) is 19.6 Å². The van der Waals surface area contributed by atoms with Gasteiger partial charge in [-0.3, -0.25) is 0 Å². The summed E-state index contributed by atoms with van der Waals surface area (Å²) in [5.41, 5.74) is 18.1. The fraction of sp³-hybridized carbons (Fsp3) is 0.468. The second kappa shape index (κ2) is 15.3. The number of benzene rings is 3. The summed E-state index contributed by atoms with van der Waals surface area (Å²) in [4.78, 5) is 2.93. The highest BCUT2D eigenvalue weighted by atomic mass is 28.3. The molecule has 0 N–H and O–H groups in total. The first kappa shape index (κ1) is 44.6. The van der Waals surface area contributed by atoms with Crippen molar-refractivity contribution in [1.82, 2.24) is 9.47 Å². The summed E-state index contributed by atoms with van der Waals surface area (Å²) in [6.45, 7) is 32.0. The molecule has 67 heavy (non-hydrogen) atoms. The van der Waals surface area contributed by atoms with Crippen LogP contribution < -0.4 is 9.30 Å². The minimum absolute atomic E-state index is 0.0495. The predicted molar refractivity (Wildman–Crippen MR) is 282 cm³/mol. The molecular formula is C62H76N3OSi+. The van der Waals surface area contributed by atoms with E-state index in [-0.39, 0.29) is 40.3 Å². The van der Waals surface area contributed by atoms with Crippen molar-refractivity contribution < 1.29 is 9.30 Å². The lowest BCUT2D eigenvalue weighted by Gasteiger charge is -2.55. The fourth-order valence-corrected chi connectivity index (χ4v) is 15.4. The maximum Gasteiger partial charge on any atom is 0.299 e. The summed E-state index contributed by atoms with van der Waals surface area (Å²) < 4.78 is 13.4. The Morgan fingerprint density at radius 1 is 0.881 bits per heavy atom. The molecule has 6 unspecified atom stereocenters. The minimum atomic E-state index is -1.82. The number of aromatic nitrogens is 2. The molecule has 4 aliphatic heterocycles. The average molecular weight is 907 g/mol. The van der Waals surface area contributed by atoms with Gasteiger partial charge in [-0.15, -0.1) is 0 Å². The van der Waals surface area contributed by atoms with Gasteiger partial charge in [0.25, 0.3) is 5.82 Å². The number of imidazole rings is 1. The van der Waals surface area contributed by atoms with Crippen LogP contribution in [0.4, 0.5) is 0 Å². The standard InChI is InChI=1S/C62H76N3OSi/c1-14-61(9)48-35-39(2)30-31-43(48)51-36-41(37-59(3,4)5)52(67(11,12)13)38-63(51)57(61)55-45-33-32-44-46-26-20-21-34-62(46,10)66-56(44)53(45)58-64(49-28-18-19-29-50(49)65(55)58)54-42(40-23-16-15-17-24-40)25-22-27-47(54)60(6,7)8/h15-16,20-23,25-27,30-36,38,46,51,55,57H,14,17-19,24,28-29,37H2,1-13H3/q+1. The van der Waals surface area contributed by atoms with E-state index < -0.39 is 13.7 Å². The number of hydrogen-bond acceptors (Lipinski definition) is 2. The number of aryl methyl sites for hydroxylation is 1. The Morgan fingerprint density at radius 2 is 1.64 bits per heavy atom. The van der Waals surface area contributed by atoms with Gasteiger partial charge in [-0.05, 0) is 103 Å². The molecule has 0 saturated heterocycles. The molecule has 3 aromatic carbocycles. The van der Waals surface area contributed by atoms with Gasteiger partial charge >= 0.3 is 0 Å². The summed E-state index contributed by atoms with van der Waals surface area (Å²) >= 11 is 0. The molecule has 0 amide bonds. The van der Waals surface area contributed by atoms with E-state index in [9.17, 15) is 0 Å². The van der Waals surface area contributed by atoms with Crippen molar-refractivity contribution in [3.63, 3.8) is 0 Å². The lowest BCUT2D eigenvalue weighted by molar-refractivity contribution is -0.710. The van der Waals surface area contributed by atoms with Crippen LogP contribution in [0, 0.1) is 12.3 Å². The summed E-state index contributed by atoms with van der Waals surface area (Å²) in [7, 11) is -1.82. The Bertz CT molecular complexity index is 2930. The molecule has 0 radical (unpaired) electrons. The highest BCUT2D eigenvalue weighted by Gasteiger charge is 2.60. The first-order valence-electron chi connectivity index (χ1n) is 26.0. The molecule has 0 fully saturated rings. The van der Waals surface area contributed by atoms with E-state index in [1.54, 1.807) is 10.8 Å². The largest absolute Gasteiger partial charge is 0.481 e. The van der Waals surface area contributed by atoms with Gasteiger partial charge in [0.15, 0.2) is 5.69 Å². The molecule has 3 aliphatic carbocycles. The first-order chi connectivity index (χ1) is 31.7. The van der Waals surface area contributed by atoms with E-state index in [1.165, 1.54) is 85.8 Å². The highest BCUT2D eigenvalue weighted by Crippen LogP contribution is 2.60. The normalized spacial score (nSPS) is 26.9. The molecule has 4 nitrogen and oxygen atoms in total. The molecule has 7 aliphatic rings. The molecule has 1 aromatic heterocycles. The van der Waals surface area contributed by atoms with E-state index in [4.69, 9.17) is 4.74 Å². The number of para-hydroxylation sites is 1. The molecule has 0 bridgehead atoms. The lowest BCUT2D eigenvalue weighted by atomic mass is 9.63. The quantitative estimate of drug-likeness (QED) is 0.142. The van der Waals surface area contributed by atoms with Gasteiger partial charge < -0.3 is 9.64 Å². The van der Waals surface area contributed by atoms with Crippen molar-refractivity contribution in [3.8, 4) is 22.8 Å². The molecule has 6 atom stereocenters. The molecular weight excluding hydrogens is 831 g/mol. The van der Waals surface area contributed by atoms with E-state index in [0.717, 1.165) is 44.3 Å². The zero-order valence-corrected chi connectivity index (χ0v) is 44.0. The topological polar surface area (TPSA) is 21.3 Å². The van der Waals surface area contributed by atoms with Crippen molar-refractivity contribution in [3.05, 3.63) is 164 Å². The number of allylic oxidation sites excluding steroid dienone is 8. The monoisotopic (exact) mass is 907 g/mol. The highest BCUT2D eigenvalue weighted by molar-refractivity contribution is 6.84. The average Bonchev–Trinajstić information content (AvgIpc) is 3.90. The fourth-order valence-electron chi connectivity index (χ4n) is 13.7. The molecule has 11 rings (SSSR count). The summed E-state index contributed by atoms with van der Waals surface area (Å²) in [6, 6.07) is 20.0. The summed E-state index contributed by atoms with van der Waals surface area (Å²) in [6.07, 6.45) is 30.4. The molecule has 0 spiro atoms. The van der Waals surface area contributed by atoms with Gasteiger partial charge in [0.2, 0.25) is 0 Å². The molecule has 4 aromatic rings. The Morgan fingerprint density at radius 3 is 2.36 bits per heavy atom. The Labute approximate surface area is 403 Å². The van der Waals surface area contributed by atoms with Crippen molar-refractivity contribution in [1.29, 1.82) is 0 Å². The SMILES string of the molecule is CCC1(C)c2cc(C)ccc2C2C=C(CC(C)(C)C)C([Si](C)(C)C)=CN2C1C1c2ccc3c(c2-c2n(-c4c(C5=CC=CCC5)cccc4C(C)(C)C)c4c([n+]21)CCCC4)OC1(C)C=CC=CC31. The number of nitrogens with zero attached hydrogens (tertiary/aromatic N) is 3. The number of hydrogen-bond donors (Lipinski definition) is 0. The summed E-state index contributed by atoms with van der Waals surface area (Å²) in [5.74, 6) is 2.59. The van der Waals surface area contributed by atoms with Crippen molar-refractivity contribution in [2.75, 3.05) is 0 Å². The van der Waals surface area contributed by atoms with E-state index in [1.807, 2.05) is 0 Å². The molecule has 0 saturated carbocycles. The van der Waals surface area contributed by atoms with Gasteiger partial charge in [0.05, 0.1) is 20.2 Å². The van der Waals surface area contributed by atoms with Crippen LogP contribution in [-0.2, 0) is 23.7 Å². The van der Waals surface area contributed by atoms with Gasteiger partial charge in [-0.25, -0.2) is 4.57 Å². The zero-order valence-electron chi connectivity index (χ0n) is 43.0. The van der Waals surface area contributed by atoms with Crippen LogP contribution in [0.15, 0.2) is 114 Å².